The highest BCUT2D eigenvalue weighted by Gasteiger charge is 2.26. The third-order valence-electron chi connectivity index (χ3n) is 2.72. The van der Waals surface area contributed by atoms with Gasteiger partial charge in [-0.25, -0.2) is 0 Å². The lowest BCUT2D eigenvalue weighted by Crippen LogP contribution is -2.20. The normalized spacial score (nSPS) is 38.3. The summed E-state index contributed by atoms with van der Waals surface area (Å²) >= 11 is 0. The molecule has 0 aromatic rings. The average Bonchev–Trinajstić information content (AvgIpc) is 1.99. The van der Waals surface area contributed by atoms with E-state index in [9.17, 15) is 0 Å². The van der Waals surface area contributed by atoms with Crippen LogP contribution in [-0.4, -0.2) is 0 Å². The monoisotopic (exact) mass is 149 g/mol. The van der Waals surface area contributed by atoms with Gasteiger partial charge in [0, 0.05) is 5.92 Å². The molecule has 1 fully saturated rings. The van der Waals surface area contributed by atoms with Gasteiger partial charge in [0.15, 0.2) is 0 Å². The van der Waals surface area contributed by atoms with E-state index in [0.717, 1.165) is 12.8 Å². The van der Waals surface area contributed by atoms with Crippen LogP contribution in [0.1, 0.15) is 26.7 Å². The zero-order chi connectivity index (χ0) is 8.43. The Morgan fingerprint density at radius 1 is 1.36 bits per heavy atom. The van der Waals surface area contributed by atoms with Gasteiger partial charge < -0.3 is 0 Å². The van der Waals surface area contributed by atoms with Crippen LogP contribution in [0.3, 0.4) is 0 Å². The first kappa shape index (κ1) is 8.33. The lowest BCUT2D eigenvalue weighted by molar-refractivity contribution is 0.345. The lowest BCUT2D eigenvalue weighted by Gasteiger charge is -2.30. The van der Waals surface area contributed by atoms with E-state index in [1.165, 1.54) is 5.57 Å². The highest BCUT2D eigenvalue weighted by atomic mass is 14.3. The van der Waals surface area contributed by atoms with E-state index in [4.69, 9.17) is 5.26 Å². The van der Waals surface area contributed by atoms with Gasteiger partial charge in [-0.15, -0.1) is 0 Å². The predicted molar refractivity (Wildman–Crippen MR) is 45.8 cm³/mol. The van der Waals surface area contributed by atoms with E-state index in [1.807, 2.05) is 0 Å². The highest BCUT2D eigenvalue weighted by Crippen LogP contribution is 2.35. The van der Waals surface area contributed by atoms with Gasteiger partial charge in [-0.05, 0) is 24.7 Å². The number of hydrogen-bond acceptors (Lipinski definition) is 1. The second kappa shape index (κ2) is 3.09. The molecule has 1 aliphatic rings. The van der Waals surface area contributed by atoms with Crippen molar-refractivity contribution in [1.29, 1.82) is 5.26 Å². The first-order chi connectivity index (χ1) is 5.15. The Hall–Kier alpha value is -0.770. The van der Waals surface area contributed by atoms with Gasteiger partial charge in [0.1, 0.15) is 0 Å². The van der Waals surface area contributed by atoms with Crippen LogP contribution in [0.4, 0.5) is 0 Å². The molecule has 1 saturated carbocycles. The molecule has 0 amide bonds. The van der Waals surface area contributed by atoms with Gasteiger partial charge in [0.25, 0.3) is 0 Å². The molecule has 0 N–H and O–H groups in total. The standard InChI is InChI=1S/C10H15N/c1-7-4-10(6-11)5-8(2)9(7)3/h7-8,10H,3-5H2,1-2H3. The molecule has 1 aliphatic carbocycles. The molecule has 2 unspecified atom stereocenters. The molecule has 0 spiro atoms. The Balaban J connectivity index is 2.63. The van der Waals surface area contributed by atoms with Gasteiger partial charge in [-0.3, -0.25) is 0 Å². The Labute approximate surface area is 68.7 Å². The molecule has 1 nitrogen and oxygen atoms in total. The van der Waals surface area contributed by atoms with E-state index in [2.05, 4.69) is 26.5 Å². The minimum Gasteiger partial charge on any atom is -0.198 e. The van der Waals surface area contributed by atoms with E-state index in [-0.39, 0.29) is 5.92 Å². The van der Waals surface area contributed by atoms with Crippen LogP contribution < -0.4 is 0 Å². The van der Waals surface area contributed by atoms with Gasteiger partial charge in [0.2, 0.25) is 0 Å². The zero-order valence-corrected chi connectivity index (χ0v) is 7.30. The Morgan fingerprint density at radius 3 is 2.18 bits per heavy atom. The fourth-order valence-electron chi connectivity index (χ4n) is 1.84. The number of nitrogens with zero attached hydrogens (tertiary/aromatic N) is 1. The minimum absolute atomic E-state index is 0.269. The Kier molecular flexibility index (Phi) is 2.34. The summed E-state index contributed by atoms with van der Waals surface area (Å²) in [4.78, 5) is 0. The second-order valence-electron chi connectivity index (χ2n) is 3.67. The first-order valence-corrected chi connectivity index (χ1v) is 4.23. The van der Waals surface area contributed by atoms with Crippen molar-refractivity contribution in [3.8, 4) is 6.07 Å². The largest absolute Gasteiger partial charge is 0.198 e. The number of nitriles is 1. The van der Waals surface area contributed by atoms with Crippen molar-refractivity contribution in [3.05, 3.63) is 12.2 Å². The summed E-state index contributed by atoms with van der Waals surface area (Å²) in [6.07, 6.45) is 2.03. The highest BCUT2D eigenvalue weighted by molar-refractivity contribution is 5.10. The van der Waals surface area contributed by atoms with Crippen LogP contribution >= 0.6 is 0 Å². The molecule has 2 atom stereocenters. The lowest BCUT2D eigenvalue weighted by atomic mass is 9.74. The molecule has 0 aliphatic heterocycles. The fourth-order valence-corrected chi connectivity index (χ4v) is 1.84. The zero-order valence-electron chi connectivity index (χ0n) is 7.30. The average molecular weight is 149 g/mol. The molecule has 0 radical (unpaired) electrons. The molecular formula is C10H15N. The van der Waals surface area contributed by atoms with Gasteiger partial charge in [-0.1, -0.05) is 26.0 Å². The first-order valence-electron chi connectivity index (χ1n) is 4.23. The summed E-state index contributed by atoms with van der Waals surface area (Å²) in [5, 5.41) is 8.73. The fraction of sp³-hybridized carbons (Fsp3) is 0.700. The Bertz CT molecular complexity index is 185. The predicted octanol–water partition coefficient (Wildman–Crippen LogP) is 2.75. The van der Waals surface area contributed by atoms with Crippen molar-refractivity contribution in [2.75, 3.05) is 0 Å². The van der Waals surface area contributed by atoms with Crippen molar-refractivity contribution in [2.45, 2.75) is 26.7 Å². The molecule has 11 heavy (non-hydrogen) atoms. The van der Waals surface area contributed by atoms with Crippen LogP contribution in [0.2, 0.25) is 0 Å². The molecule has 0 saturated heterocycles. The molecule has 0 bridgehead atoms. The third kappa shape index (κ3) is 1.63. The van der Waals surface area contributed by atoms with Gasteiger partial charge in [0.05, 0.1) is 6.07 Å². The van der Waals surface area contributed by atoms with Crippen LogP contribution in [0.15, 0.2) is 12.2 Å². The molecule has 0 aromatic heterocycles. The van der Waals surface area contributed by atoms with E-state index in [0.29, 0.717) is 11.8 Å². The summed E-state index contributed by atoms with van der Waals surface area (Å²) in [6.45, 7) is 8.37. The van der Waals surface area contributed by atoms with Crippen LogP contribution in [0.5, 0.6) is 0 Å². The number of hydrogen-bond donors (Lipinski definition) is 0. The summed E-state index contributed by atoms with van der Waals surface area (Å²) in [7, 11) is 0. The summed E-state index contributed by atoms with van der Waals surface area (Å²) in [6, 6.07) is 2.34. The summed E-state index contributed by atoms with van der Waals surface area (Å²) < 4.78 is 0. The molecule has 1 rings (SSSR count). The maximum absolute atomic E-state index is 8.73. The van der Waals surface area contributed by atoms with Crippen molar-refractivity contribution >= 4 is 0 Å². The van der Waals surface area contributed by atoms with Crippen molar-refractivity contribution < 1.29 is 0 Å². The molecule has 60 valence electrons. The smallest absolute Gasteiger partial charge is 0.0656 e. The van der Waals surface area contributed by atoms with Crippen molar-refractivity contribution in [2.24, 2.45) is 17.8 Å². The third-order valence-corrected chi connectivity index (χ3v) is 2.72. The quantitative estimate of drug-likeness (QED) is 0.486. The van der Waals surface area contributed by atoms with Crippen molar-refractivity contribution in [3.63, 3.8) is 0 Å². The van der Waals surface area contributed by atoms with Gasteiger partial charge >= 0.3 is 0 Å². The van der Waals surface area contributed by atoms with Crippen LogP contribution in [0, 0.1) is 29.1 Å². The maximum Gasteiger partial charge on any atom is 0.0656 e. The second-order valence-corrected chi connectivity index (χ2v) is 3.67. The Morgan fingerprint density at radius 2 is 1.82 bits per heavy atom. The summed E-state index contributed by atoms with van der Waals surface area (Å²) in [5.41, 5.74) is 1.33. The molecule has 0 heterocycles. The molecular weight excluding hydrogens is 134 g/mol. The van der Waals surface area contributed by atoms with E-state index in [1.54, 1.807) is 0 Å². The number of rotatable bonds is 0. The van der Waals surface area contributed by atoms with Crippen molar-refractivity contribution in [1.82, 2.24) is 0 Å². The number of allylic oxidation sites excluding steroid dienone is 1. The van der Waals surface area contributed by atoms with E-state index < -0.39 is 0 Å². The van der Waals surface area contributed by atoms with Crippen LogP contribution in [-0.2, 0) is 0 Å². The van der Waals surface area contributed by atoms with Crippen LogP contribution in [0.25, 0.3) is 0 Å². The summed E-state index contributed by atoms with van der Waals surface area (Å²) in [5.74, 6) is 1.36. The van der Waals surface area contributed by atoms with Gasteiger partial charge in [-0.2, -0.15) is 5.26 Å². The maximum atomic E-state index is 8.73. The van der Waals surface area contributed by atoms with E-state index >= 15 is 0 Å². The topological polar surface area (TPSA) is 23.8 Å². The molecule has 1 heteroatoms. The minimum atomic E-state index is 0.269. The SMILES string of the molecule is C=C1C(C)CC(C#N)CC1C. The molecule has 0 aromatic carbocycles.